The number of benzene rings is 3. The molecule has 0 aliphatic heterocycles. The maximum absolute atomic E-state index is 10.0. The molecule has 0 amide bonds. The summed E-state index contributed by atoms with van der Waals surface area (Å²) in [6.45, 7) is 0. The Bertz CT molecular complexity index is 1230. The topological polar surface area (TPSA) is 72.0 Å². The molecule has 1 aromatic heterocycles. The summed E-state index contributed by atoms with van der Waals surface area (Å²) in [6, 6.07) is 22.1. The highest BCUT2D eigenvalue weighted by Gasteiger charge is 2.09. The van der Waals surface area contributed by atoms with Crippen molar-refractivity contribution in [1.29, 1.82) is 0 Å². The molecular weight excluding hydrogens is 412 g/mol. The number of hydrogen-bond acceptors (Lipinski definition) is 5. The van der Waals surface area contributed by atoms with Crippen molar-refractivity contribution in [3.8, 4) is 22.8 Å². The highest BCUT2D eigenvalue weighted by molar-refractivity contribution is 6.30. The van der Waals surface area contributed by atoms with Gasteiger partial charge in [0.25, 0.3) is 5.95 Å². The van der Waals surface area contributed by atoms with Crippen LogP contribution in [0, 0.1) is 0 Å². The molecule has 4 aromatic rings. The van der Waals surface area contributed by atoms with Crippen molar-refractivity contribution in [2.24, 2.45) is 10.1 Å². The number of nitrogens with zero attached hydrogens (tertiary/aromatic N) is 4. The number of phenolic OH excluding ortho intramolecular Hbond substituents is 1. The first-order valence-corrected chi connectivity index (χ1v) is 9.86. The molecule has 0 saturated carbocycles. The van der Waals surface area contributed by atoms with Crippen molar-refractivity contribution >= 4 is 30.0 Å². The van der Waals surface area contributed by atoms with E-state index in [1.807, 2.05) is 54.6 Å². The molecule has 0 fully saturated rings. The van der Waals surface area contributed by atoms with E-state index in [1.165, 1.54) is 12.3 Å². The van der Waals surface area contributed by atoms with Crippen molar-refractivity contribution in [1.82, 2.24) is 9.66 Å². The molecule has 0 aliphatic rings. The second-order valence-corrected chi connectivity index (χ2v) is 7.05. The van der Waals surface area contributed by atoms with Crippen LogP contribution in [0.5, 0.6) is 11.5 Å². The van der Waals surface area contributed by atoms with E-state index < -0.39 is 0 Å². The molecule has 1 N–H and O–H groups in total. The van der Waals surface area contributed by atoms with E-state index in [2.05, 4.69) is 15.1 Å². The van der Waals surface area contributed by atoms with Gasteiger partial charge in [-0.2, -0.15) is 5.10 Å². The van der Waals surface area contributed by atoms with Gasteiger partial charge in [0.05, 0.1) is 25.2 Å². The minimum absolute atomic E-state index is 0.0799. The lowest BCUT2D eigenvalue weighted by molar-refractivity contribution is 0.415. The van der Waals surface area contributed by atoms with Crippen LogP contribution in [0.4, 0.5) is 5.95 Å². The molecule has 6 nitrogen and oxygen atoms in total. The quantitative estimate of drug-likeness (QED) is 0.407. The van der Waals surface area contributed by atoms with Gasteiger partial charge in [-0.1, -0.05) is 41.9 Å². The third-order valence-electron chi connectivity index (χ3n) is 4.50. The molecule has 0 spiro atoms. The van der Waals surface area contributed by atoms with Gasteiger partial charge < -0.3 is 9.84 Å². The molecule has 3 aromatic carbocycles. The van der Waals surface area contributed by atoms with Gasteiger partial charge in [0.15, 0.2) is 0 Å². The molecular formula is C24H19ClN4O2. The van der Waals surface area contributed by atoms with Gasteiger partial charge >= 0.3 is 0 Å². The molecule has 0 atom stereocenters. The average molecular weight is 431 g/mol. The van der Waals surface area contributed by atoms with Crippen LogP contribution >= 0.6 is 11.6 Å². The molecule has 0 unspecified atom stereocenters. The van der Waals surface area contributed by atoms with E-state index in [1.54, 1.807) is 36.3 Å². The molecule has 0 saturated heterocycles. The number of aromatic hydroxyl groups is 1. The van der Waals surface area contributed by atoms with Crippen molar-refractivity contribution in [2.45, 2.75) is 0 Å². The Kier molecular flexibility index (Phi) is 6.10. The predicted molar refractivity (Wildman–Crippen MR) is 124 cm³/mol. The van der Waals surface area contributed by atoms with E-state index in [4.69, 9.17) is 16.3 Å². The first-order valence-electron chi connectivity index (χ1n) is 9.48. The van der Waals surface area contributed by atoms with Gasteiger partial charge in [0, 0.05) is 22.4 Å². The van der Waals surface area contributed by atoms with E-state index in [9.17, 15) is 5.11 Å². The maximum atomic E-state index is 10.0. The molecule has 1 heterocycles. The fraction of sp³-hybridized carbons (Fsp3) is 0.0417. The highest BCUT2D eigenvalue weighted by Crippen LogP contribution is 2.24. The van der Waals surface area contributed by atoms with E-state index in [0.29, 0.717) is 16.5 Å². The van der Waals surface area contributed by atoms with Crippen LogP contribution in [0.3, 0.4) is 0 Å². The van der Waals surface area contributed by atoms with Gasteiger partial charge in [-0.15, -0.1) is 0 Å². The van der Waals surface area contributed by atoms with Gasteiger partial charge in [-0.25, -0.2) is 14.7 Å². The second-order valence-electron chi connectivity index (χ2n) is 6.62. The molecule has 4 rings (SSSR count). The number of methoxy groups -OCH3 is 1. The summed E-state index contributed by atoms with van der Waals surface area (Å²) >= 11 is 6.03. The van der Waals surface area contributed by atoms with Crippen molar-refractivity contribution < 1.29 is 9.84 Å². The molecule has 0 radical (unpaired) electrons. The summed E-state index contributed by atoms with van der Waals surface area (Å²) in [5.41, 5.74) is 3.07. The van der Waals surface area contributed by atoms with Crippen LogP contribution in [0.25, 0.3) is 11.3 Å². The number of imidazole rings is 1. The summed E-state index contributed by atoms with van der Waals surface area (Å²) in [5.74, 6) is 1.22. The first kappa shape index (κ1) is 20.4. The average Bonchev–Trinajstić information content (AvgIpc) is 3.22. The fourth-order valence-corrected chi connectivity index (χ4v) is 3.04. The number of aliphatic imine (C=N–C) groups is 1. The first-order chi connectivity index (χ1) is 15.1. The minimum atomic E-state index is 0.0799. The molecule has 0 aliphatic carbocycles. The molecule has 7 heteroatoms. The van der Waals surface area contributed by atoms with Crippen LogP contribution in [0.2, 0.25) is 5.02 Å². The molecule has 0 bridgehead atoms. The molecule has 154 valence electrons. The number of aromatic nitrogens is 2. The Balaban J connectivity index is 1.70. The normalized spacial score (nSPS) is 11.4. The van der Waals surface area contributed by atoms with Gasteiger partial charge in [-0.3, -0.25) is 0 Å². The van der Waals surface area contributed by atoms with Crippen molar-refractivity contribution in [3.05, 3.63) is 95.1 Å². The van der Waals surface area contributed by atoms with Crippen LogP contribution in [0.15, 0.2) is 89.1 Å². The zero-order valence-corrected chi connectivity index (χ0v) is 17.4. The summed E-state index contributed by atoms with van der Waals surface area (Å²) in [4.78, 5) is 9.04. The second kappa shape index (κ2) is 9.28. The Morgan fingerprint density at radius 1 is 1.00 bits per heavy atom. The zero-order chi connectivity index (χ0) is 21.6. The lowest BCUT2D eigenvalue weighted by Crippen LogP contribution is -1.90. The third kappa shape index (κ3) is 4.99. The van der Waals surface area contributed by atoms with Crippen molar-refractivity contribution in [3.63, 3.8) is 0 Å². The third-order valence-corrected chi connectivity index (χ3v) is 4.73. The number of halogens is 1. The Morgan fingerprint density at radius 3 is 2.52 bits per heavy atom. The summed E-state index contributed by atoms with van der Waals surface area (Å²) in [7, 11) is 1.63. The monoisotopic (exact) mass is 430 g/mol. The summed E-state index contributed by atoms with van der Waals surface area (Å²) in [6.07, 6.45) is 5.03. The van der Waals surface area contributed by atoms with Crippen LogP contribution in [-0.2, 0) is 0 Å². The van der Waals surface area contributed by atoms with E-state index in [-0.39, 0.29) is 5.75 Å². The highest BCUT2D eigenvalue weighted by atomic mass is 35.5. The summed E-state index contributed by atoms with van der Waals surface area (Å²) in [5, 5.41) is 15.1. The minimum Gasteiger partial charge on any atom is -0.507 e. The zero-order valence-electron chi connectivity index (χ0n) is 16.7. The Labute approximate surface area is 184 Å². The lowest BCUT2D eigenvalue weighted by atomic mass is 10.2. The SMILES string of the molecule is COc1ccc(/C=N/n2cc(-c3ccccc3)nc2/N=C/c2cc(Cl)ccc2O)cc1. The van der Waals surface area contributed by atoms with E-state index >= 15 is 0 Å². The van der Waals surface area contributed by atoms with Crippen LogP contribution in [0.1, 0.15) is 11.1 Å². The Hall–Kier alpha value is -3.90. The number of ether oxygens (including phenoxy) is 1. The molecule has 31 heavy (non-hydrogen) atoms. The van der Waals surface area contributed by atoms with Crippen LogP contribution in [-0.4, -0.2) is 34.3 Å². The number of rotatable bonds is 6. The standard InChI is InChI=1S/C24H19ClN4O2/c1-31-21-10-7-17(8-11-21)14-27-29-16-22(18-5-3-2-4-6-18)28-24(29)26-15-19-13-20(25)9-12-23(19)30/h2-16,30H,1H3/b26-15+,27-14+. The van der Waals surface area contributed by atoms with Gasteiger partial charge in [0.2, 0.25) is 0 Å². The van der Waals surface area contributed by atoms with Gasteiger partial charge in [0.1, 0.15) is 11.5 Å². The predicted octanol–water partition coefficient (Wildman–Crippen LogP) is 5.55. The number of hydrogen-bond donors (Lipinski definition) is 1. The number of phenols is 1. The van der Waals surface area contributed by atoms with E-state index in [0.717, 1.165) is 22.6 Å². The summed E-state index contributed by atoms with van der Waals surface area (Å²) < 4.78 is 6.77. The van der Waals surface area contributed by atoms with Gasteiger partial charge in [-0.05, 0) is 48.0 Å². The maximum Gasteiger partial charge on any atom is 0.251 e. The van der Waals surface area contributed by atoms with Crippen molar-refractivity contribution in [2.75, 3.05) is 7.11 Å². The lowest BCUT2D eigenvalue weighted by Gasteiger charge is -2.00. The largest absolute Gasteiger partial charge is 0.507 e. The smallest absolute Gasteiger partial charge is 0.251 e. The fourth-order valence-electron chi connectivity index (χ4n) is 2.86. The van der Waals surface area contributed by atoms with Crippen LogP contribution < -0.4 is 4.74 Å². The Morgan fingerprint density at radius 2 is 1.77 bits per heavy atom.